The molecule has 0 spiro atoms. The standard InChI is InChI=1S/C16H16Cl2FN3.ClH/c17-14-3-1-2-11(16(14)18)8-20-12-6-7-22(10-12)13-4-5-15(19)21-9-13;/h1-5,9,12,20H,6-8,10H2;1H/t12-;/m0./s1. The molecule has 1 aromatic heterocycles. The molecule has 0 amide bonds. The number of anilines is 1. The lowest BCUT2D eigenvalue weighted by molar-refractivity contribution is 0.551. The topological polar surface area (TPSA) is 28.2 Å². The maximum absolute atomic E-state index is 12.9. The number of halogens is 4. The molecule has 0 aliphatic carbocycles. The molecule has 124 valence electrons. The Hall–Kier alpha value is -1.07. The monoisotopic (exact) mass is 375 g/mol. The van der Waals surface area contributed by atoms with Crippen molar-refractivity contribution >= 4 is 41.3 Å². The van der Waals surface area contributed by atoms with Crippen LogP contribution in [0.5, 0.6) is 0 Å². The molecule has 7 heteroatoms. The van der Waals surface area contributed by atoms with Gasteiger partial charge in [-0.1, -0.05) is 35.3 Å². The molecule has 2 heterocycles. The molecule has 3 nitrogen and oxygen atoms in total. The van der Waals surface area contributed by atoms with Crippen LogP contribution in [-0.4, -0.2) is 24.1 Å². The molecule has 1 aliphatic heterocycles. The van der Waals surface area contributed by atoms with E-state index in [4.69, 9.17) is 23.2 Å². The van der Waals surface area contributed by atoms with Gasteiger partial charge in [0.1, 0.15) is 0 Å². The number of aromatic nitrogens is 1. The van der Waals surface area contributed by atoms with Crippen LogP contribution in [-0.2, 0) is 6.54 Å². The Balaban J connectivity index is 0.00000192. The van der Waals surface area contributed by atoms with E-state index in [-0.39, 0.29) is 12.4 Å². The minimum atomic E-state index is -0.451. The first-order valence-corrected chi connectivity index (χ1v) is 7.92. The summed E-state index contributed by atoms with van der Waals surface area (Å²) in [6.07, 6.45) is 2.60. The fraction of sp³-hybridized carbons (Fsp3) is 0.312. The van der Waals surface area contributed by atoms with E-state index in [9.17, 15) is 4.39 Å². The van der Waals surface area contributed by atoms with Crippen molar-refractivity contribution in [1.29, 1.82) is 0 Å². The Bertz CT molecular complexity index is 652. The van der Waals surface area contributed by atoms with Crippen molar-refractivity contribution in [2.24, 2.45) is 0 Å². The highest BCUT2D eigenvalue weighted by molar-refractivity contribution is 6.42. The van der Waals surface area contributed by atoms with E-state index >= 15 is 0 Å². The Morgan fingerprint density at radius 3 is 2.83 bits per heavy atom. The van der Waals surface area contributed by atoms with Gasteiger partial charge in [-0.3, -0.25) is 0 Å². The summed E-state index contributed by atoms with van der Waals surface area (Å²) in [5, 5.41) is 4.68. The van der Waals surface area contributed by atoms with Gasteiger partial charge in [0.15, 0.2) is 0 Å². The Kier molecular flexibility index (Phi) is 6.48. The molecule has 1 aliphatic rings. The third kappa shape index (κ3) is 4.48. The van der Waals surface area contributed by atoms with Crippen molar-refractivity contribution in [3.63, 3.8) is 0 Å². The molecule has 1 fully saturated rings. The fourth-order valence-corrected chi connectivity index (χ4v) is 3.04. The van der Waals surface area contributed by atoms with Gasteiger partial charge in [-0.25, -0.2) is 4.98 Å². The Labute approximate surface area is 151 Å². The SMILES string of the molecule is Cl.Fc1ccc(N2CC[C@H](NCc3cccc(Cl)c3Cl)C2)cn1. The Morgan fingerprint density at radius 1 is 1.26 bits per heavy atom. The van der Waals surface area contributed by atoms with Crippen molar-refractivity contribution < 1.29 is 4.39 Å². The number of pyridine rings is 1. The number of benzene rings is 1. The molecule has 1 N–H and O–H groups in total. The zero-order chi connectivity index (χ0) is 15.5. The highest BCUT2D eigenvalue weighted by Gasteiger charge is 2.22. The molecule has 23 heavy (non-hydrogen) atoms. The average Bonchev–Trinajstić information content (AvgIpc) is 2.98. The molecule has 1 saturated heterocycles. The second-order valence-corrected chi connectivity index (χ2v) is 6.15. The van der Waals surface area contributed by atoms with Gasteiger partial charge >= 0.3 is 0 Å². The molecule has 0 saturated carbocycles. The van der Waals surface area contributed by atoms with Crippen molar-refractivity contribution in [3.8, 4) is 0 Å². The summed E-state index contributed by atoms with van der Waals surface area (Å²) in [4.78, 5) is 5.90. The third-order valence-corrected chi connectivity index (χ3v) is 4.74. The number of hydrogen-bond acceptors (Lipinski definition) is 3. The number of nitrogens with one attached hydrogen (secondary N) is 1. The largest absolute Gasteiger partial charge is 0.369 e. The van der Waals surface area contributed by atoms with E-state index in [2.05, 4.69) is 15.2 Å². The van der Waals surface area contributed by atoms with Crippen LogP contribution in [0.25, 0.3) is 0 Å². The smallest absolute Gasteiger partial charge is 0.212 e. The summed E-state index contributed by atoms with van der Waals surface area (Å²) in [6.45, 7) is 2.47. The van der Waals surface area contributed by atoms with Crippen LogP contribution >= 0.6 is 35.6 Å². The average molecular weight is 377 g/mol. The summed E-state index contributed by atoms with van der Waals surface area (Å²) < 4.78 is 12.9. The fourth-order valence-electron chi connectivity index (χ4n) is 2.66. The molecule has 3 rings (SSSR count). The van der Waals surface area contributed by atoms with Crippen molar-refractivity contribution in [1.82, 2.24) is 10.3 Å². The summed E-state index contributed by atoms with van der Waals surface area (Å²) >= 11 is 12.2. The first-order valence-electron chi connectivity index (χ1n) is 7.16. The molecular formula is C16H17Cl3FN3. The van der Waals surface area contributed by atoms with E-state index < -0.39 is 5.95 Å². The van der Waals surface area contributed by atoms with Crippen LogP contribution in [0.1, 0.15) is 12.0 Å². The van der Waals surface area contributed by atoms with Gasteiger partial charge in [0.25, 0.3) is 0 Å². The number of hydrogen-bond donors (Lipinski definition) is 1. The maximum Gasteiger partial charge on any atom is 0.212 e. The second kappa shape index (κ2) is 8.15. The lowest BCUT2D eigenvalue weighted by Gasteiger charge is -2.19. The minimum absolute atomic E-state index is 0. The molecular weight excluding hydrogens is 360 g/mol. The summed E-state index contributed by atoms with van der Waals surface area (Å²) in [5.74, 6) is -0.451. The highest BCUT2D eigenvalue weighted by atomic mass is 35.5. The van der Waals surface area contributed by atoms with Crippen LogP contribution in [0.2, 0.25) is 10.0 Å². The van der Waals surface area contributed by atoms with Gasteiger partial charge in [0.2, 0.25) is 5.95 Å². The van der Waals surface area contributed by atoms with E-state index in [0.717, 1.165) is 30.8 Å². The van der Waals surface area contributed by atoms with Crippen LogP contribution in [0.3, 0.4) is 0 Å². The zero-order valence-corrected chi connectivity index (χ0v) is 14.6. The molecule has 0 bridgehead atoms. The van der Waals surface area contributed by atoms with E-state index in [1.807, 2.05) is 12.1 Å². The van der Waals surface area contributed by atoms with E-state index in [1.165, 1.54) is 6.07 Å². The van der Waals surface area contributed by atoms with Crippen LogP contribution in [0, 0.1) is 5.95 Å². The van der Waals surface area contributed by atoms with Crippen LogP contribution in [0.4, 0.5) is 10.1 Å². The third-order valence-electron chi connectivity index (χ3n) is 3.88. The zero-order valence-electron chi connectivity index (χ0n) is 12.3. The first kappa shape index (κ1) is 18.3. The van der Waals surface area contributed by atoms with Gasteiger partial charge in [-0.2, -0.15) is 4.39 Å². The second-order valence-electron chi connectivity index (χ2n) is 5.36. The van der Waals surface area contributed by atoms with Gasteiger partial charge in [0.05, 0.1) is 21.9 Å². The molecule has 2 aromatic rings. The van der Waals surface area contributed by atoms with Crippen molar-refractivity contribution in [3.05, 3.63) is 58.1 Å². The number of rotatable bonds is 4. The molecule has 1 aromatic carbocycles. The lowest BCUT2D eigenvalue weighted by atomic mass is 10.2. The Morgan fingerprint density at radius 2 is 2.09 bits per heavy atom. The van der Waals surface area contributed by atoms with Crippen LogP contribution in [0.15, 0.2) is 36.5 Å². The summed E-state index contributed by atoms with van der Waals surface area (Å²) in [6, 6.07) is 9.17. The molecule has 0 radical (unpaired) electrons. The predicted octanol–water partition coefficient (Wildman–Crippen LogP) is 4.32. The summed E-state index contributed by atoms with van der Waals surface area (Å²) in [7, 11) is 0. The van der Waals surface area contributed by atoms with Gasteiger partial charge in [0, 0.05) is 25.7 Å². The van der Waals surface area contributed by atoms with Gasteiger partial charge < -0.3 is 10.2 Å². The first-order chi connectivity index (χ1) is 10.6. The maximum atomic E-state index is 12.9. The van der Waals surface area contributed by atoms with Gasteiger partial charge in [-0.05, 0) is 30.2 Å². The normalized spacial score (nSPS) is 17.2. The van der Waals surface area contributed by atoms with Crippen molar-refractivity contribution in [2.75, 3.05) is 18.0 Å². The minimum Gasteiger partial charge on any atom is -0.369 e. The lowest BCUT2D eigenvalue weighted by Crippen LogP contribution is -2.32. The molecule has 1 atom stereocenters. The quantitative estimate of drug-likeness (QED) is 0.806. The van der Waals surface area contributed by atoms with Gasteiger partial charge in [-0.15, -0.1) is 12.4 Å². The predicted molar refractivity (Wildman–Crippen MR) is 95.4 cm³/mol. The molecule has 0 unspecified atom stereocenters. The van der Waals surface area contributed by atoms with Crippen LogP contribution < -0.4 is 10.2 Å². The van der Waals surface area contributed by atoms with E-state index in [0.29, 0.717) is 22.6 Å². The summed E-state index contributed by atoms with van der Waals surface area (Å²) in [5.41, 5.74) is 1.95. The van der Waals surface area contributed by atoms with E-state index in [1.54, 1.807) is 18.3 Å². The number of nitrogens with zero attached hydrogens (tertiary/aromatic N) is 2. The highest BCUT2D eigenvalue weighted by Crippen LogP contribution is 2.26. The van der Waals surface area contributed by atoms with Crippen molar-refractivity contribution in [2.45, 2.75) is 19.0 Å².